The topological polar surface area (TPSA) is 87.7 Å². The average Bonchev–Trinajstić information content (AvgIpc) is 3.05. The Kier molecular flexibility index (Phi) is 7.70. The van der Waals surface area contributed by atoms with Crippen LogP contribution in [-0.2, 0) is 21.6 Å². The number of nitrogens with one attached hydrogen (secondary N) is 2. The molecule has 2 saturated heterocycles. The van der Waals surface area contributed by atoms with Gasteiger partial charge in [0.1, 0.15) is 18.4 Å². The normalized spacial score (nSPS) is 22.4. The van der Waals surface area contributed by atoms with Crippen molar-refractivity contribution in [2.75, 3.05) is 19.6 Å². The molecule has 2 atom stereocenters. The average molecular weight is 516 g/mol. The maximum atomic E-state index is 13.4. The molecule has 2 fully saturated rings. The van der Waals surface area contributed by atoms with Gasteiger partial charge in [-0.2, -0.15) is 13.1 Å². The SMILES string of the molecule is Cc1c(C2CCCNC2)ccc(C2NS(=O)(=O)N(CC[Si](C)(C)C)C2=O)c1OCc1ccccc1. The van der Waals surface area contributed by atoms with E-state index in [1.165, 1.54) is 5.56 Å². The van der Waals surface area contributed by atoms with Crippen LogP contribution in [0.15, 0.2) is 42.5 Å². The fourth-order valence-corrected chi connectivity index (χ4v) is 7.21. The van der Waals surface area contributed by atoms with E-state index in [9.17, 15) is 13.2 Å². The Morgan fingerprint density at radius 1 is 1.09 bits per heavy atom. The zero-order valence-corrected chi connectivity index (χ0v) is 23.0. The van der Waals surface area contributed by atoms with Gasteiger partial charge in [-0.15, -0.1) is 0 Å². The molecule has 2 aromatic carbocycles. The molecule has 0 saturated carbocycles. The summed E-state index contributed by atoms with van der Waals surface area (Å²) in [7, 11) is -5.42. The standard InChI is InChI=1S/C26H37N3O4SSi/c1-19-22(21-11-8-14-27-17-21)12-13-23(25(19)33-18-20-9-6-5-7-10-20)24-26(30)29(34(31,32)28-24)15-16-35(2,3)4/h5-7,9-10,12-13,21,24,27-28H,8,11,14-18H2,1-4H3. The summed E-state index contributed by atoms with van der Waals surface area (Å²) in [6.07, 6.45) is 2.20. The van der Waals surface area contributed by atoms with Crippen molar-refractivity contribution in [1.29, 1.82) is 0 Å². The molecular formula is C26H37N3O4SSi. The van der Waals surface area contributed by atoms with E-state index in [0.717, 1.165) is 47.4 Å². The predicted molar refractivity (Wildman–Crippen MR) is 141 cm³/mol. The molecule has 0 aromatic heterocycles. The van der Waals surface area contributed by atoms with Crippen LogP contribution >= 0.6 is 0 Å². The van der Waals surface area contributed by atoms with Crippen LogP contribution < -0.4 is 14.8 Å². The minimum atomic E-state index is -3.89. The second-order valence-corrected chi connectivity index (χ2v) is 18.0. The van der Waals surface area contributed by atoms with Gasteiger partial charge in [0.25, 0.3) is 5.91 Å². The van der Waals surface area contributed by atoms with E-state index in [2.05, 4.69) is 29.7 Å². The molecule has 2 aliphatic heterocycles. The van der Waals surface area contributed by atoms with E-state index in [4.69, 9.17) is 4.74 Å². The van der Waals surface area contributed by atoms with Gasteiger partial charge in [-0.25, -0.2) is 4.31 Å². The van der Waals surface area contributed by atoms with Crippen molar-refractivity contribution in [3.05, 3.63) is 64.7 Å². The number of nitrogens with zero attached hydrogens (tertiary/aromatic N) is 1. The highest BCUT2D eigenvalue weighted by Crippen LogP contribution is 2.39. The highest BCUT2D eigenvalue weighted by atomic mass is 32.2. The number of carbonyl (C=O) groups excluding carboxylic acids is 1. The molecule has 1 amide bonds. The molecule has 0 bridgehead atoms. The van der Waals surface area contributed by atoms with E-state index in [1.54, 1.807) is 0 Å². The van der Waals surface area contributed by atoms with E-state index in [0.29, 0.717) is 23.8 Å². The van der Waals surface area contributed by atoms with E-state index < -0.39 is 30.2 Å². The zero-order valence-electron chi connectivity index (χ0n) is 21.1. The monoisotopic (exact) mass is 515 g/mol. The molecule has 35 heavy (non-hydrogen) atoms. The Balaban J connectivity index is 1.68. The van der Waals surface area contributed by atoms with Crippen LogP contribution in [0.1, 0.15) is 47.1 Å². The maximum Gasteiger partial charge on any atom is 0.304 e. The van der Waals surface area contributed by atoms with Crippen LogP contribution in [-0.4, -0.2) is 46.3 Å². The number of benzene rings is 2. The van der Waals surface area contributed by atoms with Crippen molar-refractivity contribution in [3.63, 3.8) is 0 Å². The molecule has 0 aliphatic carbocycles. The van der Waals surface area contributed by atoms with Crippen LogP contribution in [0.4, 0.5) is 0 Å². The molecule has 190 valence electrons. The third-order valence-electron chi connectivity index (χ3n) is 6.87. The van der Waals surface area contributed by atoms with Gasteiger partial charge in [-0.05, 0) is 55.0 Å². The summed E-state index contributed by atoms with van der Waals surface area (Å²) in [5.74, 6) is 0.533. The first-order chi connectivity index (χ1) is 16.6. The van der Waals surface area contributed by atoms with Crippen molar-refractivity contribution < 1.29 is 17.9 Å². The molecule has 7 nitrogen and oxygen atoms in total. The molecule has 9 heteroatoms. The molecular weight excluding hydrogens is 478 g/mol. The van der Waals surface area contributed by atoms with Crippen LogP contribution in [0.25, 0.3) is 0 Å². The maximum absolute atomic E-state index is 13.4. The number of hydrogen-bond donors (Lipinski definition) is 2. The Hall–Kier alpha value is -2.20. The second kappa shape index (κ2) is 10.4. The Morgan fingerprint density at radius 3 is 2.46 bits per heavy atom. The summed E-state index contributed by atoms with van der Waals surface area (Å²) >= 11 is 0. The molecule has 0 radical (unpaired) electrons. The second-order valence-electron chi connectivity index (χ2n) is 10.8. The van der Waals surface area contributed by atoms with Crippen molar-refractivity contribution in [3.8, 4) is 5.75 Å². The minimum Gasteiger partial charge on any atom is -0.488 e. The minimum absolute atomic E-state index is 0.214. The lowest BCUT2D eigenvalue weighted by Gasteiger charge is -2.27. The van der Waals surface area contributed by atoms with Gasteiger partial charge in [0.15, 0.2) is 0 Å². The summed E-state index contributed by atoms with van der Waals surface area (Å²) in [5.41, 5.74) is 3.75. The molecule has 4 rings (SSSR count). The summed E-state index contributed by atoms with van der Waals surface area (Å²) in [5, 5.41) is 3.47. The van der Waals surface area contributed by atoms with Crippen molar-refractivity contribution >= 4 is 24.2 Å². The van der Waals surface area contributed by atoms with Crippen LogP contribution in [0.2, 0.25) is 25.7 Å². The first-order valence-corrected chi connectivity index (χ1v) is 17.6. The lowest BCUT2D eigenvalue weighted by Crippen LogP contribution is -2.36. The highest BCUT2D eigenvalue weighted by Gasteiger charge is 2.45. The lowest BCUT2D eigenvalue weighted by molar-refractivity contribution is -0.126. The highest BCUT2D eigenvalue weighted by molar-refractivity contribution is 7.88. The molecule has 2 unspecified atom stereocenters. The molecule has 0 spiro atoms. The Labute approximate surface area is 210 Å². The first-order valence-electron chi connectivity index (χ1n) is 12.4. The van der Waals surface area contributed by atoms with Gasteiger partial charge in [0.05, 0.1) is 0 Å². The number of amides is 1. The fraction of sp³-hybridized carbons (Fsp3) is 0.500. The largest absolute Gasteiger partial charge is 0.488 e. The number of rotatable bonds is 8. The number of piperidine rings is 1. The third kappa shape index (κ3) is 5.96. The smallest absolute Gasteiger partial charge is 0.304 e. The van der Waals surface area contributed by atoms with Gasteiger partial charge < -0.3 is 10.1 Å². The summed E-state index contributed by atoms with van der Waals surface area (Å²) in [6.45, 7) is 11.0. The van der Waals surface area contributed by atoms with Crippen LogP contribution in [0, 0.1) is 6.92 Å². The molecule has 2 N–H and O–H groups in total. The van der Waals surface area contributed by atoms with Gasteiger partial charge in [-0.1, -0.05) is 62.1 Å². The first kappa shape index (κ1) is 25.9. The van der Waals surface area contributed by atoms with E-state index in [1.807, 2.05) is 49.4 Å². The predicted octanol–water partition coefficient (Wildman–Crippen LogP) is 4.10. The lowest BCUT2D eigenvalue weighted by atomic mass is 9.86. The van der Waals surface area contributed by atoms with Crippen molar-refractivity contribution in [1.82, 2.24) is 14.3 Å². The molecule has 2 aliphatic rings. The third-order valence-corrected chi connectivity index (χ3v) is 10.1. The number of hydrogen-bond acceptors (Lipinski definition) is 5. The summed E-state index contributed by atoms with van der Waals surface area (Å²) in [6, 6.07) is 13.5. The number of carbonyl (C=O) groups is 1. The van der Waals surface area contributed by atoms with Gasteiger partial charge >= 0.3 is 10.2 Å². The van der Waals surface area contributed by atoms with E-state index in [-0.39, 0.29) is 6.54 Å². The van der Waals surface area contributed by atoms with Gasteiger partial charge in [0.2, 0.25) is 0 Å². The fourth-order valence-electron chi connectivity index (χ4n) is 4.83. The quantitative estimate of drug-likeness (QED) is 0.517. The van der Waals surface area contributed by atoms with Crippen molar-refractivity contribution in [2.24, 2.45) is 0 Å². The molecule has 2 aromatic rings. The Morgan fingerprint density at radius 2 is 1.80 bits per heavy atom. The zero-order chi connectivity index (χ0) is 25.2. The van der Waals surface area contributed by atoms with E-state index >= 15 is 0 Å². The Bertz CT molecular complexity index is 1160. The van der Waals surface area contributed by atoms with Gasteiger partial charge in [-0.3, -0.25) is 4.79 Å². The summed E-state index contributed by atoms with van der Waals surface area (Å²) < 4.78 is 35.8. The summed E-state index contributed by atoms with van der Waals surface area (Å²) in [4.78, 5) is 13.4. The van der Waals surface area contributed by atoms with Crippen LogP contribution in [0.3, 0.4) is 0 Å². The molecule has 2 heterocycles. The van der Waals surface area contributed by atoms with Crippen LogP contribution in [0.5, 0.6) is 5.75 Å². The number of ether oxygens (including phenoxy) is 1. The van der Waals surface area contributed by atoms with Crippen molar-refractivity contribution in [2.45, 2.75) is 64.0 Å². The van der Waals surface area contributed by atoms with Gasteiger partial charge in [0, 0.05) is 26.7 Å².